The highest BCUT2D eigenvalue weighted by atomic mass is 16.5. The molecule has 2 unspecified atom stereocenters. The number of hydrogen-bond acceptors (Lipinski definition) is 10. The molecule has 16 nitrogen and oxygen atoms in total. The first kappa shape index (κ1) is 35.2. The summed E-state index contributed by atoms with van der Waals surface area (Å²) in [6, 6.07) is -0.751. The molecule has 7 N–H and O–H groups in total. The van der Waals surface area contributed by atoms with Crippen LogP contribution in [0.1, 0.15) is 45.1 Å². The molecule has 16 heteroatoms. The molecule has 2 aliphatic rings. The summed E-state index contributed by atoms with van der Waals surface area (Å²) in [5.41, 5.74) is 4.38. The number of aliphatic hydroxyl groups is 2. The zero-order valence-electron chi connectivity index (χ0n) is 26.1. The van der Waals surface area contributed by atoms with Crippen LogP contribution in [0.15, 0.2) is 12.1 Å². The number of nitrogens with zero attached hydrogens (tertiary/aromatic N) is 2. The van der Waals surface area contributed by atoms with E-state index in [0.717, 1.165) is 0 Å². The van der Waals surface area contributed by atoms with Crippen LogP contribution in [0.4, 0.5) is 4.79 Å². The van der Waals surface area contributed by atoms with Gasteiger partial charge in [-0.15, -0.1) is 0 Å². The summed E-state index contributed by atoms with van der Waals surface area (Å²) < 4.78 is 16.4. The number of ether oxygens (including phenoxy) is 3. The highest BCUT2D eigenvalue weighted by molar-refractivity contribution is 5.98. The number of carboxylic acid groups (broad SMARTS) is 1. The first-order chi connectivity index (χ1) is 21.2. The van der Waals surface area contributed by atoms with Gasteiger partial charge in [-0.2, -0.15) is 0 Å². The lowest BCUT2D eigenvalue weighted by atomic mass is 9.85. The molecule has 0 aromatic heterocycles. The van der Waals surface area contributed by atoms with E-state index in [1.807, 2.05) is 5.32 Å². The zero-order valence-corrected chi connectivity index (χ0v) is 26.1. The van der Waals surface area contributed by atoms with Crippen LogP contribution in [0.25, 0.3) is 0 Å². The number of nitrogens with two attached hydrogens (primary N) is 1. The first-order valence-corrected chi connectivity index (χ1v) is 14.6. The quantitative estimate of drug-likeness (QED) is 0.153. The minimum absolute atomic E-state index is 0.0793. The van der Waals surface area contributed by atoms with Gasteiger partial charge >= 0.3 is 6.09 Å². The molecule has 5 amide bonds. The summed E-state index contributed by atoms with van der Waals surface area (Å²) in [5, 5.41) is 34.1. The lowest BCUT2D eigenvalue weighted by Gasteiger charge is -2.41. The Morgan fingerprint density at radius 1 is 0.956 bits per heavy atom. The third-order valence-corrected chi connectivity index (χ3v) is 8.32. The van der Waals surface area contributed by atoms with Crippen molar-refractivity contribution in [1.29, 1.82) is 0 Å². The third-order valence-electron chi connectivity index (χ3n) is 8.32. The van der Waals surface area contributed by atoms with E-state index in [-0.39, 0.29) is 32.4 Å². The number of carbonyl (C=O) groups is 5. The maximum atomic E-state index is 14.3. The molecular weight excluding hydrogens is 594 g/mol. The fourth-order valence-electron chi connectivity index (χ4n) is 6.15. The third kappa shape index (κ3) is 7.33. The van der Waals surface area contributed by atoms with Crippen LogP contribution in [0.2, 0.25) is 0 Å². The van der Waals surface area contributed by atoms with Crippen molar-refractivity contribution in [1.82, 2.24) is 20.4 Å². The Labute approximate surface area is 260 Å². The second kappa shape index (κ2) is 14.6. The fraction of sp³-hybridized carbons (Fsp3) is 0.621. The number of methoxy groups -OCH3 is 3. The molecule has 2 saturated heterocycles. The highest BCUT2D eigenvalue weighted by Gasteiger charge is 2.53. The number of hydrogen-bond donors (Lipinski definition) is 6. The van der Waals surface area contributed by atoms with E-state index in [1.54, 1.807) is 12.1 Å². The predicted octanol–water partition coefficient (Wildman–Crippen LogP) is -1.02. The summed E-state index contributed by atoms with van der Waals surface area (Å²) >= 11 is 0. The molecule has 0 aliphatic carbocycles. The molecule has 2 aliphatic heterocycles. The number of amides is 5. The van der Waals surface area contributed by atoms with Crippen molar-refractivity contribution in [3.8, 4) is 17.2 Å². The first-order valence-electron chi connectivity index (χ1n) is 14.6. The molecule has 6 atom stereocenters. The van der Waals surface area contributed by atoms with Crippen LogP contribution in [-0.4, -0.2) is 125 Å². The second-order valence-corrected chi connectivity index (χ2v) is 11.3. The van der Waals surface area contributed by atoms with E-state index < -0.39 is 65.6 Å². The molecular formula is C29H43N5O11. The zero-order chi connectivity index (χ0) is 33.6. The smallest absolute Gasteiger partial charge is 0.405 e. The van der Waals surface area contributed by atoms with Gasteiger partial charge in [0.25, 0.3) is 0 Å². The number of benzene rings is 1. The van der Waals surface area contributed by atoms with Crippen LogP contribution in [0.5, 0.6) is 17.2 Å². The summed E-state index contributed by atoms with van der Waals surface area (Å²) in [6.45, 7) is 2.81. The molecule has 0 radical (unpaired) electrons. The SMILES string of the molecule is COc1cc(CC2(C(=O)N[C@H](C(N)=O)[C@@H](C)O)CCCN2C(=O)C2CCCN2C(=O)[C@@H](NC(=O)O)[C@@H](C)O)cc(OC)c1OC. The molecule has 45 heavy (non-hydrogen) atoms. The maximum absolute atomic E-state index is 14.3. The van der Waals surface area contributed by atoms with Crippen molar-refractivity contribution < 1.29 is 53.5 Å². The van der Waals surface area contributed by atoms with Gasteiger partial charge in [-0.05, 0) is 57.2 Å². The molecule has 2 heterocycles. The van der Waals surface area contributed by atoms with Gasteiger partial charge in [0.15, 0.2) is 11.5 Å². The topological polar surface area (TPSA) is 230 Å². The van der Waals surface area contributed by atoms with Gasteiger partial charge in [0.1, 0.15) is 23.7 Å². The molecule has 250 valence electrons. The maximum Gasteiger partial charge on any atom is 0.405 e. The number of rotatable bonds is 13. The average molecular weight is 638 g/mol. The molecule has 0 saturated carbocycles. The van der Waals surface area contributed by atoms with E-state index in [2.05, 4.69) is 5.32 Å². The molecule has 0 bridgehead atoms. The molecule has 0 spiro atoms. The van der Waals surface area contributed by atoms with E-state index in [1.165, 1.54) is 45.0 Å². The Bertz CT molecular complexity index is 1260. The molecule has 1 aromatic carbocycles. The van der Waals surface area contributed by atoms with Crippen molar-refractivity contribution in [2.45, 2.75) is 81.8 Å². The van der Waals surface area contributed by atoms with Crippen molar-refractivity contribution in [3.63, 3.8) is 0 Å². The van der Waals surface area contributed by atoms with E-state index in [0.29, 0.717) is 35.7 Å². The Hall–Kier alpha value is -4.31. The van der Waals surface area contributed by atoms with Gasteiger partial charge in [-0.1, -0.05) is 0 Å². The normalized spacial score (nSPS) is 22.2. The Kier molecular flexibility index (Phi) is 11.4. The second-order valence-electron chi connectivity index (χ2n) is 11.3. The van der Waals surface area contributed by atoms with E-state index >= 15 is 0 Å². The van der Waals surface area contributed by atoms with Gasteiger partial charge in [0.2, 0.25) is 29.4 Å². The summed E-state index contributed by atoms with van der Waals surface area (Å²) in [5.74, 6) is -2.12. The fourth-order valence-corrected chi connectivity index (χ4v) is 6.15. The molecule has 3 rings (SSSR count). The van der Waals surface area contributed by atoms with Gasteiger partial charge in [0, 0.05) is 19.5 Å². The highest BCUT2D eigenvalue weighted by Crippen LogP contribution is 2.42. The number of primary amides is 1. The Morgan fingerprint density at radius 2 is 1.56 bits per heavy atom. The lowest BCUT2D eigenvalue weighted by molar-refractivity contribution is -0.153. The van der Waals surface area contributed by atoms with Crippen LogP contribution in [0, 0.1) is 0 Å². The minimum Gasteiger partial charge on any atom is -0.493 e. The van der Waals surface area contributed by atoms with Gasteiger partial charge in [-0.25, -0.2) is 4.79 Å². The van der Waals surface area contributed by atoms with Gasteiger partial charge in [0.05, 0.1) is 33.5 Å². The molecule has 2 fully saturated rings. The summed E-state index contributed by atoms with van der Waals surface area (Å²) in [4.78, 5) is 68.0. The predicted molar refractivity (Wildman–Crippen MR) is 158 cm³/mol. The van der Waals surface area contributed by atoms with Crippen LogP contribution >= 0.6 is 0 Å². The Balaban J connectivity index is 2.08. The number of nitrogens with one attached hydrogen (secondary N) is 2. The number of likely N-dealkylation sites (tertiary alicyclic amines) is 2. The molecule has 1 aromatic rings. The minimum atomic E-state index is -1.61. The monoisotopic (exact) mass is 637 g/mol. The van der Waals surface area contributed by atoms with Gasteiger partial charge < -0.3 is 55.7 Å². The van der Waals surface area contributed by atoms with Gasteiger partial charge in [-0.3, -0.25) is 19.2 Å². The van der Waals surface area contributed by atoms with E-state index in [9.17, 15) is 39.3 Å². The van der Waals surface area contributed by atoms with Crippen LogP contribution in [-0.2, 0) is 25.6 Å². The largest absolute Gasteiger partial charge is 0.493 e. The van der Waals surface area contributed by atoms with Crippen LogP contribution in [0.3, 0.4) is 0 Å². The van der Waals surface area contributed by atoms with Crippen molar-refractivity contribution in [2.75, 3.05) is 34.4 Å². The van der Waals surface area contributed by atoms with Crippen molar-refractivity contribution in [2.24, 2.45) is 5.73 Å². The van der Waals surface area contributed by atoms with Crippen LogP contribution < -0.4 is 30.6 Å². The van der Waals surface area contributed by atoms with Crippen molar-refractivity contribution >= 4 is 29.7 Å². The lowest BCUT2D eigenvalue weighted by Crippen LogP contribution is -2.65. The standard InChI is InChI=1S/C29H43N5O11/c1-15(35)21(24(30)37)31-27(40)29(14-17-12-19(43-3)23(45-5)20(13-17)44-4)9-7-11-34(29)25(38)18-8-6-10-33(18)26(39)22(16(2)36)32-28(41)42/h12-13,15-16,18,21-22,32,35-36H,6-11,14H2,1-5H3,(H2,30,37)(H,31,40)(H,41,42)/t15-,16-,18?,21+,22+,29?/m1/s1. The average Bonchev–Trinajstić information content (AvgIpc) is 3.65. The number of aliphatic hydroxyl groups excluding tert-OH is 2. The van der Waals surface area contributed by atoms with Crippen molar-refractivity contribution in [3.05, 3.63) is 17.7 Å². The Morgan fingerprint density at radius 3 is 2.04 bits per heavy atom. The number of carbonyl (C=O) groups excluding carboxylic acids is 4. The van der Waals surface area contributed by atoms with E-state index in [4.69, 9.17) is 19.9 Å². The summed E-state index contributed by atoms with van der Waals surface area (Å²) in [6.07, 6.45) is -3.11. The summed E-state index contributed by atoms with van der Waals surface area (Å²) in [7, 11) is 4.30.